The number of rotatable bonds is 3. The highest BCUT2D eigenvalue weighted by Crippen LogP contribution is 2.35. The largest absolute Gasteiger partial charge is 0.351 e. The summed E-state index contributed by atoms with van der Waals surface area (Å²) in [6.45, 7) is 7.22. The highest BCUT2D eigenvalue weighted by Gasteiger charge is 2.34. The van der Waals surface area contributed by atoms with Gasteiger partial charge in [0.05, 0.1) is 10.5 Å². The molecule has 1 amide bonds. The maximum absolute atomic E-state index is 13.7. The first kappa shape index (κ1) is 21.9. The maximum atomic E-state index is 13.7. The Bertz CT molecular complexity index is 1390. The summed E-state index contributed by atoms with van der Waals surface area (Å²) in [5.41, 5.74) is 4.33. The summed E-state index contributed by atoms with van der Waals surface area (Å²) in [4.78, 5) is 35.9. The lowest BCUT2D eigenvalue weighted by Crippen LogP contribution is -2.35. The second-order valence-corrected chi connectivity index (χ2v) is 10.3. The van der Waals surface area contributed by atoms with Gasteiger partial charge in [-0.05, 0) is 56.0 Å². The van der Waals surface area contributed by atoms with Gasteiger partial charge in [0.15, 0.2) is 0 Å². The van der Waals surface area contributed by atoms with Gasteiger partial charge in [-0.1, -0.05) is 54.3 Å². The summed E-state index contributed by atoms with van der Waals surface area (Å²) < 4.78 is 2.07. The Balaban J connectivity index is 1.68. The number of thiocarbonyl (C=S) groups is 1. The van der Waals surface area contributed by atoms with E-state index >= 15 is 0 Å². The molecule has 1 fully saturated rings. The minimum atomic E-state index is -0.188. The van der Waals surface area contributed by atoms with Crippen molar-refractivity contribution in [3.63, 3.8) is 0 Å². The minimum absolute atomic E-state index is 0.0417. The average Bonchev–Trinajstić information content (AvgIpc) is 3.08. The van der Waals surface area contributed by atoms with Gasteiger partial charge < -0.3 is 4.90 Å². The van der Waals surface area contributed by atoms with Gasteiger partial charge in [-0.25, -0.2) is 4.98 Å². The predicted octanol–water partition coefficient (Wildman–Crippen LogP) is 4.18. The fraction of sp³-hybridized carbons (Fsp3) is 0.280. The van der Waals surface area contributed by atoms with Crippen LogP contribution in [0.3, 0.4) is 0 Å². The lowest BCUT2D eigenvalue weighted by molar-refractivity contribution is -0.123. The number of nitrogens with zero attached hydrogens (tertiary/aromatic N) is 4. The third-order valence-corrected chi connectivity index (χ3v) is 7.44. The van der Waals surface area contributed by atoms with Crippen molar-refractivity contribution in [1.82, 2.24) is 14.3 Å². The normalized spacial score (nSPS) is 17.5. The standard InChI is InChI=1S/C25H24N4O2S2/c1-15(2)29-24(31)20(33-25(29)32)13-19-22(26-21-16(3)7-6-11-28(21)23(19)30)27-12-10-17-8-4-5-9-18(17)14-27/h4-9,11,13,15H,10,12,14H2,1-3H3. The van der Waals surface area contributed by atoms with E-state index in [9.17, 15) is 9.59 Å². The van der Waals surface area contributed by atoms with E-state index in [0.29, 0.717) is 32.8 Å². The zero-order valence-corrected chi connectivity index (χ0v) is 20.4. The first-order valence-corrected chi connectivity index (χ1v) is 12.2. The Morgan fingerprint density at radius 3 is 2.61 bits per heavy atom. The zero-order valence-electron chi connectivity index (χ0n) is 18.7. The van der Waals surface area contributed by atoms with Crippen LogP contribution in [0.15, 0.2) is 52.3 Å². The number of carbonyl (C=O) groups excluding carboxylic acids is 1. The number of anilines is 1. The van der Waals surface area contributed by atoms with Crippen LogP contribution in [0, 0.1) is 6.92 Å². The Morgan fingerprint density at radius 2 is 1.88 bits per heavy atom. The van der Waals surface area contributed by atoms with Crippen LogP contribution < -0.4 is 10.5 Å². The molecule has 0 bridgehead atoms. The fourth-order valence-electron chi connectivity index (χ4n) is 4.40. The molecule has 2 aliphatic rings. The molecule has 2 aliphatic heterocycles. The molecule has 1 saturated heterocycles. The number of hydrogen-bond acceptors (Lipinski definition) is 6. The predicted molar refractivity (Wildman–Crippen MR) is 138 cm³/mol. The fourth-order valence-corrected chi connectivity index (χ4v) is 5.91. The number of carbonyl (C=O) groups is 1. The number of aryl methyl sites for hydroxylation is 1. The lowest BCUT2D eigenvalue weighted by Gasteiger charge is -2.31. The first-order valence-electron chi connectivity index (χ1n) is 11.0. The Kier molecular flexibility index (Phi) is 5.58. The first-order chi connectivity index (χ1) is 15.8. The quantitative estimate of drug-likeness (QED) is 0.418. The third kappa shape index (κ3) is 3.77. The van der Waals surface area contributed by atoms with Crippen molar-refractivity contribution in [2.75, 3.05) is 11.4 Å². The molecule has 33 heavy (non-hydrogen) atoms. The molecule has 1 aromatic carbocycles. The van der Waals surface area contributed by atoms with Crippen LogP contribution in [-0.2, 0) is 17.8 Å². The Morgan fingerprint density at radius 1 is 1.12 bits per heavy atom. The Hall–Kier alpha value is -2.97. The zero-order chi connectivity index (χ0) is 23.3. The van der Waals surface area contributed by atoms with E-state index < -0.39 is 0 Å². The SMILES string of the molecule is Cc1cccn2c(=O)c(C=C3SC(=S)N(C(C)C)C3=O)c(N3CCc4ccccc4C3)nc12. The molecule has 0 unspecified atom stereocenters. The molecule has 168 valence electrons. The van der Waals surface area contributed by atoms with Crippen molar-refractivity contribution >= 4 is 51.7 Å². The van der Waals surface area contributed by atoms with Gasteiger partial charge >= 0.3 is 0 Å². The van der Waals surface area contributed by atoms with Crippen LogP contribution >= 0.6 is 24.0 Å². The minimum Gasteiger partial charge on any atom is -0.351 e. The second kappa shape index (κ2) is 8.43. The van der Waals surface area contributed by atoms with Gasteiger partial charge in [0, 0.05) is 25.3 Å². The summed E-state index contributed by atoms with van der Waals surface area (Å²) in [6, 6.07) is 12.1. The van der Waals surface area contributed by atoms with E-state index in [4.69, 9.17) is 17.2 Å². The van der Waals surface area contributed by atoms with Crippen molar-refractivity contribution in [1.29, 1.82) is 0 Å². The number of aromatic nitrogens is 2. The monoisotopic (exact) mass is 476 g/mol. The van der Waals surface area contributed by atoms with Crippen LogP contribution in [0.4, 0.5) is 5.82 Å². The molecule has 0 aliphatic carbocycles. The number of thioether (sulfide) groups is 1. The van der Waals surface area contributed by atoms with Crippen LogP contribution in [0.2, 0.25) is 0 Å². The Labute approximate surface area is 201 Å². The summed E-state index contributed by atoms with van der Waals surface area (Å²) in [6.07, 6.45) is 4.28. The smallest absolute Gasteiger partial charge is 0.267 e. The van der Waals surface area contributed by atoms with E-state index in [1.807, 2.05) is 39.0 Å². The van der Waals surface area contributed by atoms with Crippen molar-refractivity contribution in [2.24, 2.45) is 0 Å². The van der Waals surface area contributed by atoms with Crippen molar-refractivity contribution in [3.8, 4) is 0 Å². The second-order valence-electron chi connectivity index (χ2n) is 8.62. The number of pyridine rings is 1. The summed E-state index contributed by atoms with van der Waals surface area (Å²) in [5.74, 6) is 0.447. The molecule has 5 rings (SSSR count). The number of benzene rings is 1. The molecule has 2 aromatic heterocycles. The van der Waals surface area contributed by atoms with E-state index in [-0.39, 0.29) is 17.5 Å². The van der Waals surface area contributed by atoms with Crippen molar-refractivity contribution < 1.29 is 4.79 Å². The molecule has 6 nitrogen and oxygen atoms in total. The molecule has 8 heteroatoms. The maximum Gasteiger partial charge on any atom is 0.267 e. The molecule has 0 saturated carbocycles. The van der Waals surface area contributed by atoms with E-state index in [1.54, 1.807) is 21.6 Å². The number of hydrogen-bond donors (Lipinski definition) is 0. The van der Waals surface area contributed by atoms with Gasteiger partial charge in [-0.3, -0.25) is 18.9 Å². The van der Waals surface area contributed by atoms with Crippen LogP contribution in [0.1, 0.15) is 36.1 Å². The van der Waals surface area contributed by atoms with E-state index in [2.05, 4.69) is 23.1 Å². The van der Waals surface area contributed by atoms with Crippen molar-refractivity contribution in [3.05, 3.63) is 80.1 Å². The van der Waals surface area contributed by atoms with Gasteiger partial charge in [-0.2, -0.15) is 0 Å². The van der Waals surface area contributed by atoms with Gasteiger partial charge in [0.25, 0.3) is 11.5 Å². The van der Waals surface area contributed by atoms with Gasteiger partial charge in [0.1, 0.15) is 15.8 Å². The summed E-state index contributed by atoms with van der Waals surface area (Å²) >= 11 is 6.67. The van der Waals surface area contributed by atoms with Crippen molar-refractivity contribution in [2.45, 2.75) is 39.8 Å². The van der Waals surface area contributed by atoms with E-state index in [1.165, 1.54) is 22.9 Å². The molecular formula is C25H24N4O2S2. The average molecular weight is 477 g/mol. The number of amides is 1. The number of fused-ring (bicyclic) bond motifs is 2. The summed E-state index contributed by atoms with van der Waals surface area (Å²) in [7, 11) is 0. The molecule has 0 spiro atoms. The lowest BCUT2D eigenvalue weighted by atomic mass is 9.99. The highest BCUT2D eigenvalue weighted by atomic mass is 32.2. The van der Waals surface area contributed by atoms with Gasteiger partial charge in [-0.15, -0.1) is 0 Å². The molecule has 3 aromatic rings. The molecule has 4 heterocycles. The molecule has 0 atom stereocenters. The molecular weight excluding hydrogens is 452 g/mol. The highest BCUT2D eigenvalue weighted by molar-refractivity contribution is 8.26. The molecule has 0 N–H and O–H groups in total. The van der Waals surface area contributed by atoms with Crippen LogP contribution in [-0.4, -0.2) is 37.1 Å². The topological polar surface area (TPSA) is 57.9 Å². The third-order valence-electron chi connectivity index (χ3n) is 6.11. The molecule has 0 radical (unpaired) electrons. The summed E-state index contributed by atoms with van der Waals surface area (Å²) in [5, 5.41) is 0. The van der Waals surface area contributed by atoms with Crippen LogP contribution in [0.25, 0.3) is 11.7 Å². The van der Waals surface area contributed by atoms with Crippen LogP contribution in [0.5, 0.6) is 0 Å². The van der Waals surface area contributed by atoms with E-state index in [0.717, 1.165) is 18.5 Å². The van der Waals surface area contributed by atoms with Gasteiger partial charge in [0.2, 0.25) is 0 Å².